The Hall–Kier alpha value is 0.240. The number of hydrogen-bond acceptors (Lipinski definition) is 2. The van der Waals surface area contributed by atoms with Gasteiger partial charge in [0.2, 0.25) is 0 Å². The second-order valence-corrected chi connectivity index (χ2v) is 3.80. The van der Waals surface area contributed by atoms with Gasteiger partial charge in [-0.1, -0.05) is 37.8 Å². The van der Waals surface area contributed by atoms with Crippen LogP contribution in [-0.4, -0.2) is 9.57 Å². The lowest BCUT2D eigenvalue weighted by atomic mass is 10.6. The molecule has 0 saturated heterocycles. The van der Waals surface area contributed by atoms with Gasteiger partial charge in [-0.05, 0) is 0 Å². The van der Waals surface area contributed by atoms with Gasteiger partial charge >= 0.3 is 0 Å². The summed E-state index contributed by atoms with van der Waals surface area (Å²) >= 11 is 6.13. The highest BCUT2D eigenvalue weighted by Gasteiger charge is 1.92. The Bertz CT molecular complexity index is 70.1. The van der Waals surface area contributed by atoms with Gasteiger partial charge < -0.3 is 5.73 Å². The van der Waals surface area contributed by atoms with E-state index in [4.69, 9.17) is 5.73 Å². The van der Waals surface area contributed by atoms with Crippen molar-refractivity contribution in [2.45, 2.75) is 19.1 Å². The van der Waals surface area contributed by atoms with Crippen LogP contribution in [0.3, 0.4) is 0 Å². The van der Waals surface area contributed by atoms with E-state index in [0.717, 1.165) is 0 Å². The molecule has 0 atom stereocenters. The molecule has 0 rings (SSSR count). The average molecular weight is 135 g/mol. The standard InChI is InChI=1S/C4H9NS2/c1-3(2)7-4(5)6/h3H,1-2H3,(H2,5,6). The van der Waals surface area contributed by atoms with E-state index < -0.39 is 0 Å². The van der Waals surface area contributed by atoms with Crippen molar-refractivity contribution >= 4 is 28.3 Å². The molecule has 0 aliphatic heterocycles. The number of nitrogens with two attached hydrogens (primary N) is 1. The maximum Gasteiger partial charge on any atom is 0.131 e. The van der Waals surface area contributed by atoms with Crippen molar-refractivity contribution in [3.8, 4) is 0 Å². The third kappa shape index (κ3) is 6.24. The minimum atomic E-state index is 0.525. The van der Waals surface area contributed by atoms with E-state index in [1.165, 1.54) is 11.8 Å². The molecule has 0 saturated carbocycles. The normalized spacial score (nSPS) is 9.57. The number of rotatable bonds is 1. The van der Waals surface area contributed by atoms with Crippen LogP contribution < -0.4 is 5.73 Å². The highest BCUT2D eigenvalue weighted by atomic mass is 32.2. The van der Waals surface area contributed by atoms with E-state index in [1.807, 2.05) is 0 Å². The fraction of sp³-hybridized carbons (Fsp3) is 0.750. The van der Waals surface area contributed by atoms with Crippen molar-refractivity contribution in [2.24, 2.45) is 5.73 Å². The highest BCUT2D eigenvalue weighted by molar-refractivity contribution is 8.23. The lowest BCUT2D eigenvalue weighted by Gasteiger charge is -1.97. The van der Waals surface area contributed by atoms with E-state index in [0.29, 0.717) is 9.57 Å². The Morgan fingerprint density at radius 3 is 2.14 bits per heavy atom. The number of thiocarbonyl (C=S) groups is 1. The Kier molecular flexibility index (Phi) is 3.38. The Morgan fingerprint density at radius 2 is 2.14 bits per heavy atom. The zero-order chi connectivity index (χ0) is 5.86. The summed E-state index contributed by atoms with van der Waals surface area (Å²) in [7, 11) is 0. The lowest BCUT2D eigenvalue weighted by molar-refractivity contribution is 1.12. The minimum Gasteiger partial charge on any atom is -0.385 e. The molecule has 0 bridgehead atoms. The smallest absolute Gasteiger partial charge is 0.131 e. The first-order valence-electron chi connectivity index (χ1n) is 2.09. The molecule has 0 aliphatic carbocycles. The van der Waals surface area contributed by atoms with Crippen LogP contribution in [0.25, 0.3) is 0 Å². The molecule has 0 aromatic carbocycles. The van der Waals surface area contributed by atoms with Gasteiger partial charge in [-0.25, -0.2) is 0 Å². The summed E-state index contributed by atoms with van der Waals surface area (Å²) in [5.74, 6) is 0. The second kappa shape index (κ2) is 3.27. The highest BCUT2D eigenvalue weighted by Crippen LogP contribution is 2.07. The minimum absolute atomic E-state index is 0.525. The SMILES string of the molecule is CC(C)SC(N)=S. The molecule has 2 N–H and O–H groups in total. The van der Waals surface area contributed by atoms with Crippen LogP contribution in [0.1, 0.15) is 13.8 Å². The first-order chi connectivity index (χ1) is 3.13. The third-order valence-corrected chi connectivity index (χ3v) is 1.34. The number of hydrogen-bond donors (Lipinski definition) is 1. The van der Waals surface area contributed by atoms with Crippen LogP contribution in [0.2, 0.25) is 0 Å². The third-order valence-electron chi connectivity index (χ3n) is 0.352. The molecule has 0 aliphatic rings. The predicted molar refractivity (Wildman–Crippen MR) is 39.5 cm³/mol. The maximum atomic E-state index is 5.19. The van der Waals surface area contributed by atoms with E-state index in [1.54, 1.807) is 0 Å². The van der Waals surface area contributed by atoms with Gasteiger partial charge in [-0.15, -0.1) is 0 Å². The molecule has 0 aromatic rings. The summed E-state index contributed by atoms with van der Waals surface area (Å²) in [6.07, 6.45) is 0. The fourth-order valence-corrected chi connectivity index (χ4v) is 1.27. The van der Waals surface area contributed by atoms with Gasteiger partial charge in [0.05, 0.1) is 0 Å². The van der Waals surface area contributed by atoms with Crippen molar-refractivity contribution in [3.05, 3.63) is 0 Å². The number of thioether (sulfide) groups is 1. The van der Waals surface area contributed by atoms with E-state index >= 15 is 0 Å². The molecule has 1 nitrogen and oxygen atoms in total. The molecule has 0 fully saturated rings. The van der Waals surface area contributed by atoms with Gasteiger partial charge in [0.15, 0.2) is 0 Å². The van der Waals surface area contributed by atoms with Crippen LogP contribution >= 0.6 is 24.0 Å². The van der Waals surface area contributed by atoms with Gasteiger partial charge in [-0.2, -0.15) is 0 Å². The molecule has 0 aromatic heterocycles. The molecule has 42 valence electrons. The zero-order valence-electron chi connectivity index (χ0n) is 4.47. The van der Waals surface area contributed by atoms with Crippen LogP contribution in [0.5, 0.6) is 0 Å². The molecule has 0 radical (unpaired) electrons. The summed E-state index contributed by atoms with van der Waals surface area (Å²) < 4.78 is 0.537. The molecule has 7 heavy (non-hydrogen) atoms. The van der Waals surface area contributed by atoms with Crippen LogP contribution in [0.4, 0.5) is 0 Å². The average Bonchev–Trinajstić information content (AvgIpc) is 1.27. The van der Waals surface area contributed by atoms with E-state index in [9.17, 15) is 0 Å². The molecule has 0 amide bonds. The predicted octanol–water partition coefficient (Wildman–Crippen LogP) is 1.37. The summed E-state index contributed by atoms with van der Waals surface area (Å²) in [6, 6.07) is 0. The van der Waals surface area contributed by atoms with Crippen molar-refractivity contribution in [2.75, 3.05) is 0 Å². The van der Waals surface area contributed by atoms with Crippen molar-refractivity contribution in [1.82, 2.24) is 0 Å². The van der Waals surface area contributed by atoms with Crippen molar-refractivity contribution in [3.63, 3.8) is 0 Å². The molecule has 0 unspecified atom stereocenters. The quantitative estimate of drug-likeness (QED) is 0.550. The molecule has 0 spiro atoms. The largest absolute Gasteiger partial charge is 0.385 e. The van der Waals surface area contributed by atoms with Gasteiger partial charge in [-0.3, -0.25) is 0 Å². The second-order valence-electron chi connectivity index (χ2n) is 1.49. The molecule has 3 heteroatoms. The van der Waals surface area contributed by atoms with Crippen LogP contribution in [-0.2, 0) is 0 Å². The maximum absolute atomic E-state index is 5.19. The van der Waals surface area contributed by atoms with Gasteiger partial charge in [0.1, 0.15) is 4.32 Å². The summed E-state index contributed by atoms with van der Waals surface area (Å²) in [4.78, 5) is 0. The first-order valence-corrected chi connectivity index (χ1v) is 3.38. The lowest BCUT2D eigenvalue weighted by Crippen LogP contribution is -2.05. The Labute approximate surface area is 53.7 Å². The van der Waals surface area contributed by atoms with Gasteiger partial charge in [0, 0.05) is 5.25 Å². The molecular formula is C4H9NS2. The molecule has 0 heterocycles. The van der Waals surface area contributed by atoms with Crippen LogP contribution in [0.15, 0.2) is 0 Å². The van der Waals surface area contributed by atoms with E-state index in [2.05, 4.69) is 26.1 Å². The Balaban J connectivity index is 3.13. The van der Waals surface area contributed by atoms with Gasteiger partial charge in [0.25, 0.3) is 0 Å². The first kappa shape index (κ1) is 7.24. The topological polar surface area (TPSA) is 26.0 Å². The Morgan fingerprint density at radius 1 is 1.71 bits per heavy atom. The van der Waals surface area contributed by atoms with Crippen molar-refractivity contribution in [1.29, 1.82) is 0 Å². The fourth-order valence-electron chi connectivity index (χ4n) is 0.232. The van der Waals surface area contributed by atoms with Crippen LogP contribution in [0, 0.1) is 0 Å². The molecular weight excluding hydrogens is 126 g/mol. The summed E-state index contributed by atoms with van der Waals surface area (Å²) in [5, 5.41) is 0.525. The van der Waals surface area contributed by atoms with E-state index in [-0.39, 0.29) is 0 Å². The summed E-state index contributed by atoms with van der Waals surface area (Å²) in [6.45, 7) is 4.12. The zero-order valence-corrected chi connectivity index (χ0v) is 6.10. The monoisotopic (exact) mass is 135 g/mol. The van der Waals surface area contributed by atoms with Crippen molar-refractivity contribution < 1.29 is 0 Å². The summed E-state index contributed by atoms with van der Waals surface area (Å²) in [5.41, 5.74) is 5.19.